The third-order valence-corrected chi connectivity index (χ3v) is 4.01. The van der Waals surface area contributed by atoms with Gasteiger partial charge in [-0.1, -0.05) is 29.8 Å². The molecule has 0 atom stereocenters. The molecule has 3 rings (SSSR count). The van der Waals surface area contributed by atoms with Crippen LogP contribution in [0.5, 0.6) is 0 Å². The van der Waals surface area contributed by atoms with E-state index in [9.17, 15) is 9.59 Å². The summed E-state index contributed by atoms with van der Waals surface area (Å²) >= 11 is 0. The number of ketones is 1. The third kappa shape index (κ3) is 3.08. The molecule has 1 aliphatic carbocycles. The fraction of sp³-hybridized carbons (Fsp3) is 0.263. The molecular formula is C19H18O3. The Morgan fingerprint density at radius 1 is 1.00 bits per heavy atom. The lowest BCUT2D eigenvalue weighted by Crippen LogP contribution is -2.14. The van der Waals surface area contributed by atoms with E-state index >= 15 is 0 Å². The molecular weight excluding hydrogens is 276 g/mol. The molecule has 0 spiro atoms. The van der Waals surface area contributed by atoms with Gasteiger partial charge in [-0.2, -0.15) is 0 Å². The van der Waals surface area contributed by atoms with E-state index in [0.717, 1.165) is 24.8 Å². The van der Waals surface area contributed by atoms with Crippen LogP contribution < -0.4 is 0 Å². The van der Waals surface area contributed by atoms with Crippen molar-refractivity contribution in [1.29, 1.82) is 0 Å². The van der Waals surface area contributed by atoms with Gasteiger partial charge >= 0.3 is 5.97 Å². The van der Waals surface area contributed by atoms with Crippen LogP contribution in [0.1, 0.15) is 43.8 Å². The van der Waals surface area contributed by atoms with Crippen LogP contribution >= 0.6 is 0 Å². The number of carbonyl (C=O) groups is 2. The topological polar surface area (TPSA) is 43.4 Å². The number of carbonyl (C=O) groups excluding carboxylic acids is 2. The van der Waals surface area contributed by atoms with E-state index < -0.39 is 5.97 Å². The fourth-order valence-corrected chi connectivity index (χ4v) is 2.82. The van der Waals surface area contributed by atoms with E-state index in [2.05, 4.69) is 0 Å². The average molecular weight is 294 g/mol. The van der Waals surface area contributed by atoms with Gasteiger partial charge in [0, 0.05) is 5.56 Å². The molecule has 112 valence electrons. The van der Waals surface area contributed by atoms with Crippen LogP contribution in [0.2, 0.25) is 0 Å². The second kappa shape index (κ2) is 6.14. The summed E-state index contributed by atoms with van der Waals surface area (Å²) in [5.74, 6) is -0.617. The highest BCUT2D eigenvalue weighted by Crippen LogP contribution is 2.23. The van der Waals surface area contributed by atoms with Gasteiger partial charge in [-0.25, -0.2) is 4.79 Å². The Kier molecular flexibility index (Phi) is 4.05. The zero-order valence-electron chi connectivity index (χ0n) is 12.6. The largest absolute Gasteiger partial charge is 0.454 e. The van der Waals surface area contributed by atoms with Crippen molar-refractivity contribution in [3.05, 3.63) is 70.3 Å². The SMILES string of the molecule is Cc1cccc(C(=O)OCC(=O)c2ccc3c(c2)CCC3)c1. The Hall–Kier alpha value is -2.42. The molecule has 0 N–H and O–H groups in total. The predicted octanol–water partition coefficient (Wildman–Crippen LogP) is 3.52. The first-order valence-electron chi connectivity index (χ1n) is 7.52. The van der Waals surface area contributed by atoms with Crippen LogP contribution in [-0.4, -0.2) is 18.4 Å². The van der Waals surface area contributed by atoms with Crippen LogP contribution in [-0.2, 0) is 17.6 Å². The molecule has 2 aromatic rings. The third-order valence-electron chi connectivity index (χ3n) is 4.01. The van der Waals surface area contributed by atoms with Crippen molar-refractivity contribution < 1.29 is 14.3 Å². The van der Waals surface area contributed by atoms with E-state index in [4.69, 9.17) is 4.74 Å². The molecule has 0 amide bonds. The smallest absolute Gasteiger partial charge is 0.338 e. The summed E-state index contributed by atoms with van der Waals surface area (Å²) in [7, 11) is 0. The number of rotatable bonds is 4. The summed E-state index contributed by atoms with van der Waals surface area (Å²) in [5.41, 5.74) is 4.66. The number of esters is 1. The maximum atomic E-state index is 12.2. The lowest BCUT2D eigenvalue weighted by Gasteiger charge is -2.06. The Bertz CT molecular complexity index is 731. The van der Waals surface area contributed by atoms with E-state index in [1.807, 2.05) is 31.2 Å². The Labute approximate surface area is 129 Å². The molecule has 0 radical (unpaired) electrons. The van der Waals surface area contributed by atoms with Gasteiger partial charge < -0.3 is 4.74 Å². The van der Waals surface area contributed by atoms with Crippen molar-refractivity contribution in [3.8, 4) is 0 Å². The summed E-state index contributed by atoms with van der Waals surface area (Å²) in [6.07, 6.45) is 3.26. The van der Waals surface area contributed by atoms with Crippen LogP contribution in [0, 0.1) is 6.92 Å². The molecule has 1 aliphatic rings. The van der Waals surface area contributed by atoms with Gasteiger partial charge in [-0.05, 0) is 55.5 Å². The van der Waals surface area contributed by atoms with Crippen LogP contribution in [0.4, 0.5) is 0 Å². The predicted molar refractivity (Wildman–Crippen MR) is 84.3 cm³/mol. The van der Waals surface area contributed by atoms with Crippen molar-refractivity contribution in [1.82, 2.24) is 0 Å². The minimum Gasteiger partial charge on any atom is -0.454 e. The van der Waals surface area contributed by atoms with Gasteiger partial charge in [-0.15, -0.1) is 0 Å². The maximum absolute atomic E-state index is 12.2. The lowest BCUT2D eigenvalue weighted by atomic mass is 10.0. The van der Waals surface area contributed by atoms with E-state index in [1.165, 1.54) is 11.1 Å². The monoisotopic (exact) mass is 294 g/mol. The zero-order valence-corrected chi connectivity index (χ0v) is 12.6. The standard InChI is InChI=1S/C19H18O3/c1-13-4-2-7-17(10-13)19(21)22-12-18(20)16-9-8-14-5-3-6-15(14)11-16/h2,4,7-11H,3,5-6,12H2,1H3. The number of ether oxygens (including phenoxy) is 1. The van der Waals surface area contributed by atoms with Gasteiger partial charge in [0.15, 0.2) is 12.4 Å². The van der Waals surface area contributed by atoms with E-state index in [1.54, 1.807) is 18.2 Å². The number of fused-ring (bicyclic) bond motifs is 1. The van der Waals surface area contributed by atoms with Crippen molar-refractivity contribution >= 4 is 11.8 Å². The van der Waals surface area contributed by atoms with Gasteiger partial charge in [0.1, 0.15) is 0 Å². The minimum absolute atomic E-state index is 0.157. The fourth-order valence-electron chi connectivity index (χ4n) is 2.82. The molecule has 3 nitrogen and oxygen atoms in total. The maximum Gasteiger partial charge on any atom is 0.338 e. The van der Waals surface area contributed by atoms with Crippen LogP contribution in [0.25, 0.3) is 0 Å². The summed E-state index contributed by atoms with van der Waals surface area (Å²) < 4.78 is 5.13. The Balaban J connectivity index is 1.64. The summed E-state index contributed by atoms with van der Waals surface area (Å²) in [6, 6.07) is 12.9. The van der Waals surface area contributed by atoms with Crippen molar-refractivity contribution in [2.75, 3.05) is 6.61 Å². The Morgan fingerprint density at radius 3 is 2.64 bits per heavy atom. The summed E-state index contributed by atoms with van der Waals surface area (Å²) in [6.45, 7) is 1.69. The molecule has 0 bridgehead atoms. The van der Waals surface area contributed by atoms with E-state index in [0.29, 0.717) is 11.1 Å². The minimum atomic E-state index is -0.460. The quantitative estimate of drug-likeness (QED) is 0.640. The van der Waals surface area contributed by atoms with Gasteiger partial charge in [0.25, 0.3) is 0 Å². The first-order valence-corrected chi connectivity index (χ1v) is 7.52. The van der Waals surface area contributed by atoms with Gasteiger partial charge in [0.05, 0.1) is 5.56 Å². The first-order chi connectivity index (χ1) is 10.6. The normalized spacial score (nSPS) is 12.8. The van der Waals surface area contributed by atoms with Crippen molar-refractivity contribution in [2.24, 2.45) is 0 Å². The van der Waals surface area contributed by atoms with E-state index in [-0.39, 0.29) is 12.4 Å². The number of Topliss-reactive ketones (excluding diaryl/α,β-unsaturated/α-hetero) is 1. The molecule has 0 saturated carbocycles. The molecule has 2 aromatic carbocycles. The van der Waals surface area contributed by atoms with Gasteiger partial charge in [-0.3, -0.25) is 4.79 Å². The summed E-state index contributed by atoms with van der Waals surface area (Å²) in [5, 5.41) is 0. The van der Waals surface area contributed by atoms with Crippen molar-refractivity contribution in [2.45, 2.75) is 26.2 Å². The van der Waals surface area contributed by atoms with Crippen molar-refractivity contribution in [3.63, 3.8) is 0 Å². The first kappa shape index (κ1) is 14.5. The highest BCUT2D eigenvalue weighted by atomic mass is 16.5. The number of hydrogen-bond acceptors (Lipinski definition) is 3. The molecule has 0 heterocycles. The Morgan fingerprint density at radius 2 is 1.82 bits per heavy atom. The molecule has 3 heteroatoms. The molecule has 0 fully saturated rings. The molecule has 0 aromatic heterocycles. The highest BCUT2D eigenvalue weighted by molar-refractivity contribution is 5.99. The number of aryl methyl sites for hydroxylation is 3. The van der Waals surface area contributed by atoms with Gasteiger partial charge in [0.2, 0.25) is 0 Å². The molecule has 0 saturated heterocycles. The number of benzene rings is 2. The average Bonchev–Trinajstić information content (AvgIpc) is 2.99. The second-order valence-corrected chi connectivity index (χ2v) is 5.71. The number of hydrogen-bond donors (Lipinski definition) is 0. The second-order valence-electron chi connectivity index (χ2n) is 5.71. The molecule has 22 heavy (non-hydrogen) atoms. The van der Waals surface area contributed by atoms with Crippen LogP contribution in [0.15, 0.2) is 42.5 Å². The molecule has 0 aliphatic heterocycles. The highest BCUT2D eigenvalue weighted by Gasteiger charge is 2.15. The lowest BCUT2D eigenvalue weighted by molar-refractivity contribution is 0.0474. The molecule has 0 unspecified atom stereocenters. The summed E-state index contributed by atoms with van der Waals surface area (Å²) in [4.78, 5) is 24.1. The zero-order chi connectivity index (χ0) is 15.5. The van der Waals surface area contributed by atoms with Crippen LogP contribution in [0.3, 0.4) is 0 Å².